The summed E-state index contributed by atoms with van der Waals surface area (Å²) in [6, 6.07) is 8.61. The Morgan fingerprint density at radius 2 is 1.75 bits per heavy atom. The number of esters is 1. The van der Waals surface area contributed by atoms with Gasteiger partial charge in [0.1, 0.15) is 11.4 Å². The number of anilines is 1. The quantitative estimate of drug-likeness (QED) is 0.866. The van der Waals surface area contributed by atoms with Gasteiger partial charge in [-0.2, -0.15) is 13.2 Å². The van der Waals surface area contributed by atoms with Gasteiger partial charge >= 0.3 is 12.1 Å². The number of hydrogen-bond donors (Lipinski definition) is 1. The number of nitrogens with one attached hydrogen (secondary N) is 1. The molecule has 1 amide bonds. The number of aromatic nitrogens is 1. The number of hydrogen-bond acceptors (Lipinski definition) is 4. The molecule has 0 unspecified atom stereocenters. The van der Waals surface area contributed by atoms with Crippen molar-refractivity contribution in [2.75, 3.05) is 11.9 Å². The van der Waals surface area contributed by atoms with E-state index in [0.29, 0.717) is 0 Å². The fourth-order valence-electron chi connectivity index (χ4n) is 1.91. The van der Waals surface area contributed by atoms with Crippen LogP contribution >= 0.6 is 0 Å². The summed E-state index contributed by atoms with van der Waals surface area (Å²) in [5.41, 5.74) is -1.66. The minimum Gasteiger partial charge on any atom is -0.461 e. The minimum absolute atomic E-state index is 0.103. The summed E-state index contributed by atoms with van der Waals surface area (Å²) in [4.78, 5) is 27.5. The lowest BCUT2D eigenvalue weighted by Gasteiger charge is -2.13. The predicted octanol–water partition coefficient (Wildman–Crippen LogP) is 3.53. The van der Waals surface area contributed by atoms with Crippen molar-refractivity contribution < 1.29 is 27.5 Å². The molecule has 0 spiro atoms. The standard InChI is InChI=1S/C16H13F3N2O3/c1-2-24-15(23)13-9-5-8-12(20-13)14(22)21-11-7-4-3-6-10(11)16(17,18)19/h3-9H,2H2,1H3,(H,21,22). The number of ether oxygens (including phenoxy) is 1. The van der Waals surface area contributed by atoms with E-state index in [-0.39, 0.29) is 18.0 Å². The SMILES string of the molecule is CCOC(=O)c1cccc(C(=O)Nc2ccccc2C(F)(F)F)n1. The third-order valence-corrected chi connectivity index (χ3v) is 2.95. The van der Waals surface area contributed by atoms with E-state index in [4.69, 9.17) is 4.74 Å². The zero-order valence-corrected chi connectivity index (χ0v) is 12.6. The molecule has 2 rings (SSSR count). The van der Waals surface area contributed by atoms with Gasteiger partial charge in [-0.05, 0) is 31.2 Å². The van der Waals surface area contributed by atoms with Crippen LogP contribution in [0, 0.1) is 0 Å². The van der Waals surface area contributed by atoms with Crippen molar-refractivity contribution >= 4 is 17.6 Å². The second-order valence-corrected chi connectivity index (χ2v) is 4.63. The van der Waals surface area contributed by atoms with E-state index < -0.39 is 29.3 Å². The summed E-state index contributed by atoms with van der Waals surface area (Å²) in [6.45, 7) is 1.75. The molecular formula is C16H13F3N2O3. The number of alkyl halides is 3. The van der Waals surface area contributed by atoms with E-state index in [1.807, 2.05) is 0 Å². The van der Waals surface area contributed by atoms with Crippen molar-refractivity contribution in [3.63, 3.8) is 0 Å². The molecule has 1 aromatic heterocycles. The maximum Gasteiger partial charge on any atom is 0.418 e. The first kappa shape index (κ1) is 17.5. The van der Waals surface area contributed by atoms with Crippen LogP contribution in [-0.2, 0) is 10.9 Å². The summed E-state index contributed by atoms with van der Waals surface area (Å²) in [5.74, 6) is -1.58. The molecule has 0 aliphatic carbocycles. The molecule has 1 N–H and O–H groups in total. The van der Waals surface area contributed by atoms with E-state index >= 15 is 0 Å². The van der Waals surface area contributed by atoms with Gasteiger partial charge in [0.2, 0.25) is 0 Å². The van der Waals surface area contributed by atoms with Gasteiger partial charge in [-0.1, -0.05) is 18.2 Å². The van der Waals surface area contributed by atoms with Gasteiger partial charge in [0, 0.05) is 0 Å². The van der Waals surface area contributed by atoms with Crippen molar-refractivity contribution in [2.24, 2.45) is 0 Å². The Hall–Kier alpha value is -2.90. The molecule has 126 valence electrons. The molecule has 0 atom stereocenters. The highest BCUT2D eigenvalue weighted by Crippen LogP contribution is 2.34. The number of halogens is 3. The van der Waals surface area contributed by atoms with Crippen molar-refractivity contribution in [2.45, 2.75) is 13.1 Å². The second kappa shape index (κ2) is 7.12. The number of nitrogens with zero attached hydrogens (tertiary/aromatic N) is 1. The first-order chi connectivity index (χ1) is 11.3. The van der Waals surface area contributed by atoms with Crippen molar-refractivity contribution in [3.8, 4) is 0 Å². The molecule has 0 aliphatic heterocycles. The largest absolute Gasteiger partial charge is 0.461 e. The molecule has 0 saturated carbocycles. The fourth-order valence-corrected chi connectivity index (χ4v) is 1.91. The normalized spacial score (nSPS) is 11.0. The Balaban J connectivity index is 2.26. The number of carbonyl (C=O) groups excluding carboxylic acids is 2. The van der Waals surface area contributed by atoms with Crippen LogP contribution in [0.15, 0.2) is 42.5 Å². The highest BCUT2D eigenvalue weighted by molar-refractivity contribution is 6.04. The van der Waals surface area contributed by atoms with Crippen LogP contribution in [0.5, 0.6) is 0 Å². The number of para-hydroxylation sites is 1. The molecule has 0 aliphatic rings. The molecule has 24 heavy (non-hydrogen) atoms. The Kier molecular flexibility index (Phi) is 5.18. The molecule has 0 saturated heterocycles. The lowest BCUT2D eigenvalue weighted by molar-refractivity contribution is -0.136. The van der Waals surface area contributed by atoms with Crippen LogP contribution in [0.1, 0.15) is 33.5 Å². The zero-order chi connectivity index (χ0) is 17.7. The maximum atomic E-state index is 12.9. The highest BCUT2D eigenvalue weighted by Gasteiger charge is 2.33. The first-order valence-corrected chi connectivity index (χ1v) is 6.94. The third-order valence-electron chi connectivity index (χ3n) is 2.95. The monoisotopic (exact) mass is 338 g/mol. The highest BCUT2D eigenvalue weighted by atomic mass is 19.4. The number of pyridine rings is 1. The third kappa shape index (κ3) is 4.09. The van der Waals surface area contributed by atoms with Crippen molar-refractivity contribution in [1.29, 1.82) is 0 Å². The molecular weight excluding hydrogens is 325 g/mol. The van der Waals surface area contributed by atoms with Gasteiger partial charge in [-0.15, -0.1) is 0 Å². The van der Waals surface area contributed by atoms with Gasteiger partial charge in [-0.3, -0.25) is 4.79 Å². The van der Waals surface area contributed by atoms with E-state index in [1.165, 1.54) is 30.3 Å². The lowest BCUT2D eigenvalue weighted by atomic mass is 10.1. The van der Waals surface area contributed by atoms with E-state index in [2.05, 4.69) is 10.3 Å². The zero-order valence-electron chi connectivity index (χ0n) is 12.6. The van der Waals surface area contributed by atoms with Gasteiger partial charge in [0.05, 0.1) is 17.9 Å². The van der Waals surface area contributed by atoms with E-state index in [9.17, 15) is 22.8 Å². The smallest absolute Gasteiger partial charge is 0.418 e. The summed E-state index contributed by atoms with van der Waals surface area (Å²) in [6.07, 6.45) is -4.61. The van der Waals surface area contributed by atoms with Crippen LogP contribution in [0.25, 0.3) is 0 Å². The van der Waals surface area contributed by atoms with Crippen LogP contribution < -0.4 is 5.32 Å². The van der Waals surface area contributed by atoms with Gasteiger partial charge in [0.15, 0.2) is 0 Å². The van der Waals surface area contributed by atoms with Crippen LogP contribution in [-0.4, -0.2) is 23.5 Å². The molecule has 5 nitrogen and oxygen atoms in total. The Labute approximate surface area is 135 Å². The Bertz CT molecular complexity index is 760. The predicted molar refractivity (Wildman–Crippen MR) is 79.6 cm³/mol. The average Bonchev–Trinajstić information content (AvgIpc) is 2.54. The molecule has 1 heterocycles. The Morgan fingerprint density at radius 3 is 2.42 bits per heavy atom. The summed E-state index contributed by atoms with van der Waals surface area (Å²) in [7, 11) is 0. The summed E-state index contributed by atoms with van der Waals surface area (Å²) < 4.78 is 43.5. The summed E-state index contributed by atoms with van der Waals surface area (Å²) in [5, 5.41) is 2.16. The van der Waals surface area contributed by atoms with E-state index in [1.54, 1.807) is 6.92 Å². The number of benzene rings is 1. The first-order valence-electron chi connectivity index (χ1n) is 6.94. The Morgan fingerprint density at radius 1 is 1.08 bits per heavy atom. The molecule has 0 fully saturated rings. The average molecular weight is 338 g/mol. The fraction of sp³-hybridized carbons (Fsp3) is 0.188. The molecule has 8 heteroatoms. The van der Waals surface area contributed by atoms with Gasteiger partial charge < -0.3 is 10.1 Å². The number of amides is 1. The van der Waals surface area contributed by atoms with Crippen LogP contribution in [0.2, 0.25) is 0 Å². The second-order valence-electron chi connectivity index (χ2n) is 4.63. The molecule has 0 radical (unpaired) electrons. The van der Waals surface area contributed by atoms with Crippen molar-refractivity contribution in [1.82, 2.24) is 4.98 Å². The van der Waals surface area contributed by atoms with E-state index in [0.717, 1.165) is 12.1 Å². The van der Waals surface area contributed by atoms with Gasteiger partial charge in [0.25, 0.3) is 5.91 Å². The number of carbonyl (C=O) groups is 2. The molecule has 0 bridgehead atoms. The minimum atomic E-state index is -4.61. The van der Waals surface area contributed by atoms with Crippen LogP contribution in [0.4, 0.5) is 18.9 Å². The summed E-state index contributed by atoms with van der Waals surface area (Å²) >= 11 is 0. The molecule has 2 aromatic rings. The van der Waals surface area contributed by atoms with Crippen LogP contribution in [0.3, 0.4) is 0 Å². The number of rotatable bonds is 4. The lowest BCUT2D eigenvalue weighted by Crippen LogP contribution is -2.19. The van der Waals surface area contributed by atoms with Crippen molar-refractivity contribution in [3.05, 3.63) is 59.4 Å². The molecule has 1 aromatic carbocycles. The maximum absolute atomic E-state index is 12.9. The topological polar surface area (TPSA) is 68.3 Å². The van der Waals surface area contributed by atoms with Gasteiger partial charge in [-0.25, -0.2) is 9.78 Å².